The van der Waals surface area contributed by atoms with Crippen LogP contribution in [0.2, 0.25) is 0 Å². The van der Waals surface area contributed by atoms with Crippen molar-refractivity contribution in [3.05, 3.63) is 53.9 Å². The second kappa shape index (κ2) is 5.97. The first-order valence-electron chi connectivity index (χ1n) is 6.86. The van der Waals surface area contributed by atoms with E-state index in [2.05, 4.69) is 4.98 Å². The van der Waals surface area contributed by atoms with E-state index in [-0.39, 0.29) is 11.1 Å². The normalized spacial score (nSPS) is 11.0. The van der Waals surface area contributed by atoms with Crippen LogP contribution in [0.1, 0.15) is 41.5 Å². The average Bonchev–Trinajstić information content (AvgIpc) is 2.45. The molecule has 2 N–H and O–H groups in total. The zero-order valence-electron chi connectivity index (χ0n) is 12.8. The van der Waals surface area contributed by atoms with Gasteiger partial charge in [0, 0.05) is 18.0 Å². The molecule has 1 heterocycles. The number of pyridine rings is 1. The van der Waals surface area contributed by atoms with Gasteiger partial charge >= 0.3 is 5.97 Å². The molecule has 0 atom stereocenters. The Labute approximate surface area is 129 Å². The summed E-state index contributed by atoms with van der Waals surface area (Å²) in [5.74, 6) is -1.26. The van der Waals surface area contributed by atoms with Gasteiger partial charge in [-0.2, -0.15) is 0 Å². The summed E-state index contributed by atoms with van der Waals surface area (Å²) >= 11 is 0. The van der Waals surface area contributed by atoms with E-state index in [9.17, 15) is 9.59 Å². The Hall–Kier alpha value is -2.69. The molecule has 0 fully saturated rings. The molecule has 114 valence electrons. The lowest BCUT2D eigenvalue weighted by atomic mass is 9.95. The summed E-state index contributed by atoms with van der Waals surface area (Å²) < 4.78 is 5.34. The lowest BCUT2D eigenvalue weighted by Gasteiger charge is -2.21. The van der Waals surface area contributed by atoms with Crippen LogP contribution in [0.5, 0.6) is 0 Å². The summed E-state index contributed by atoms with van der Waals surface area (Å²) in [4.78, 5) is 28.2. The molecule has 0 saturated heterocycles. The van der Waals surface area contributed by atoms with Gasteiger partial charge < -0.3 is 10.5 Å². The van der Waals surface area contributed by atoms with Crippen molar-refractivity contribution >= 4 is 11.9 Å². The van der Waals surface area contributed by atoms with E-state index < -0.39 is 17.5 Å². The highest BCUT2D eigenvalue weighted by Gasteiger charge is 2.24. The van der Waals surface area contributed by atoms with Crippen LogP contribution in [0.25, 0.3) is 11.1 Å². The third-order valence-electron chi connectivity index (χ3n) is 2.90. The third-order valence-corrected chi connectivity index (χ3v) is 2.90. The minimum absolute atomic E-state index is 0.143. The Kier molecular flexibility index (Phi) is 4.26. The van der Waals surface area contributed by atoms with Crippen molar-refractivity contribution in [1.29, 1.82) is 0 Å². The molecule has 0 unspecified atom stereocenters. The molecule has 1 amide bonds. The van der Waals surface area contributed by atoms with Crippen molar-refractivity contribution in [3.8, 4) is 11.1 Å². The van der Waals surface area contributed by atoms with Crippen LogP contribution in [-0.4, -0.2) is 22.5 Å². The van der Waals surface area contributed by atoms with Gasteiger partial charge in [-0.25, -0.2) is 4.79 Å². The van der Waals surface area contributed by atoms with E-state index in [1.807, 2.05) is 0 Å². The predicted octanol–water partition coefficient (Wildman–Crippen LogP) is 2.80. The van der Waals surface area contributed by atoms with Crippen molar-refractivity contribution in [2.24, 2.45) is 5.73 Å². The Bertz CT molecular complexity index is 704. The standard InChI is InChI=1S/C17H18N2O3/c1-17(2,3)22-16(21)13-8-4-7-12(14(13)15(18)20)11-6-5-9-19-10-11/h4-10H,1-3H3,(H2,18,20). The van der Waals surface area contributed by atoms with Crippen LogP contribution in [0.15, 0.2) is 42.7 Å². The number of benzene rings is 1. The molecule has 2 aromatic rings. The Morgan fingerprint density at radius 1 is 1.14 bits per heavy atom. The Balaban J connectivity index is 2.57. The molecule has 5 heteroatoms. The van der Waals surface area contributed by atoms with Gasteiger partial charge in [-0.1, -0.05) is 18.2 Å². The van der Waals surface area contributed by atoms with E-state index >= 15 is 0 Å². The van der Waals surface area contributed by atoms with Crippen molar-refractivity contribution in [3.63, 3.8) is 0 Å². The smallest absolute Gasteiger partial charge is 0.339 e. The largest absolute Gasteiger partial charge is 0.456 e. The monoisotopic (exact) mass is 298 g/mol. The minimum atomic E-state index is -0.680. The number of nitrogens with two attached hydrogens (primary N) is 1. The molecule has 0 spiro atoms. The lowest BCUT2D eigenvalue weighted by molar-refractivity contribution is 0.00678. The number of aromatic nitrogens is 1. The molecule has 0 aliphatic heterocycles. The number of hydrogen-bond acceptors (Lipinski definition) is 4. The van der Waals surface area contributed by atoms with Gasteiger partial charge in [-0.15, -0.1) is 0 Å². The summed E-state index contributed by atoms with van der Waals surface area (Å²) in [6, 6.07) is 8.50. The highest BCUT2D eigenvalue weighted by Crippen LogP contribution is 2.27. The first-order chi connectivity index (χ1) is 10.3. The molecule has 1 aromatic heterocycles. The van der Waals surface area contributed by atoms with Gasteiger partial charge in [0.05, 0.1) is 11.1 Å². The maximum absolute atomic E-state index is 12.3. The maximum atomic E-state index is 12.3. The van der Waals surface area contributed by atoms with Crippen molar-refractivity contribution in [2.45, 2.75) is 26.4 Å². The van der Waals surface area contributed by atoms with Gasteiger partial charge in [0.25, 0.3) is 0 Å². The lowest BCUT2D eigenvalue weighted by Crippen LogP contribution is -2.26. The number of amides is 1. The Morgan fingerprint density at radius 2 is 1.86 bits per heavy atom. The van der Waals surface area contributed by atoms with E-state index in [4.69, 9.17) is 10.5 Å². The molecule has 0 saturated carbocycles. The van der Waals surface area contributed by atoms with Crippen LogP contribution in [0.3, 0.4) is 0 Å². The first kappa shape index (κ1) is 15.7. The van der Waals surface area contributed by atoms with Crippen molar-refractivity contribution < 1.29 is 14.3 Å². The number of carbonyl (C=O) groups is 2. The first-order valence-corrected chi connectivity index (χ1v) is 6.86. The van der Waals surface area contributed by atoms with Gasteiger partial charge in [-0.05, 0) is 38.5 Å². The van der Waals surface area contributed by atoms with Crippen molar-refractivity contribution in [1.82, 2.24) is 4.98 Å². The number of esters is 1. The van der Waals surface area contributed by atoms with Crippen LogP contribution in [0.4, 0.5) is 0 Å². The molecule has 1 aromatic carbocycles. The SMILES string of the molecule is CC(C)(C)OC(=O)c1cccc(-c2cccnc2)c1C(N)=O. The maximum Gasteiger partial charge on any atom is 0.339 e. The highest BCUT2D eigenvalue weighted by atomic mass is 16.6. The van der Waals surface area contributed by atoms with Gasteiger partial charge in [0.2, 0.25) is 5.91 Å². The van der Waals surface area contributed by atoms with Crippen LogP contribution in [0, 0.1) is 0 Å². The summed E-state index contributed by atoms with van der Waals surface area (Å²) in [7, 11) is 0. The molecule has 0 radical (unpaired) electrons. The molecular formula is C17H18N2O3. The number of hydrogen-bond donors (Lipinski definition) is 1. The average molecular weight is 298 g/mol. The highest BCUT2D eigenvalue weighted by molar-refractivity contribution is 6.09. The van der Waals surface area contributed by atoms with Gasteiger partial charge in [0.1, 0.15) is 5.60 Å². The van der Waals surface area contributed by atoms with Crippen LogP contribution in [-0.2, 0) is 4.74 Å². The summed E-state index contributed by atoms with van der Waals surface area (Å²) in [5, 5.41) is 0. The zero-order chi connectivity index (χ0) is 16.3. The molecule has 5 nitrogen and oxygen atoms in total. The van der Waals surface area contributed by atoms with Crippen LogP contribution >= 0.6 is 0 Å². The van der Waals surface area contributed by atoms with Crippen molar-refractivity contribution in [2.75, 3.05) is 0 Å². The molecule has 22 heavy (non-hydrogen) atoms. The second-order valence-electron chi connectivity index (χ2n) is 5.84. The summed E-state index contributed by atoms with van der Waals surface area (Å²) in [5.41, 5.74) is 6.40. The quantitative estimate of drug-likeness (QED) is 0.883. The van der Waals surface area contributed by atoms with Gasteiger partial charge in [0.15, 0.2) is 0 Å². The topological polar surface area (TPSA) is 82.3 Å². The zero-order valence-corrected chi connectivity index (χ0v) is 12.8. The minimum Gasteiger partial charge on any atom is -0.456 e. The fraction of sp³-hybridized carbons (Fsp3) is 0.235. The third kappa shape index (κ3) is 3.49. The molecule has 2 rings (SSSR count). The summed E-state index contributed by atoms with van der Waals surface area (Å²) in [6.45, 7) is 5.29. The Morgan fingerprint density at radius 3 is 2.41 bits per heavy atom. The predicted molar refractivity (Wildman–Crippen MR) is 83.4 cm³/mol. The number of ether oxygens (including phenoxy) is 1. The van der Waals surface area contributed by atoms with E-state index in [1.54, 1.807) is 57.4 Å². The van der Waals surface area contributed by atoms with E-state index in [1.165, 1.54) is 6.07 Å². The number of primary amides is 1. The fourth-order valence-electron chi connectivity index (χ4n) is 2.08. The summed E-state index contributed by atoms with van der Waals surface area (Å²) in [6.07, 6.45) is 3.24. The molecular weight excluding hydrogens is 280 g/mol. The number of rotatable bonds is 3. The molecule has 0 aliphatic rings. The number of nitrogens with zero attached hydrogens (tertiary/aromatic N) is 1. The molecule has 0 aliphatic carbocycles. The second-order valence-corrected chi connectivity index (χ2v) is 5.84. The van der Waals surface area contributed by atoms with Crippen LogP contribution < -0.4 is 5.73 Å². The number of carbonyl (C=O) groups excluding carboxylic acids is 2. The molecule has 0 bridgehead atoms. The van der Waals surface area contributed by atoms with E-state index in [0.29, 0.717) is 11.1 Å². The fourth-order valence-corrected chi connectivity index (χ4v) is 2.08. The van der Waals surface area contributed by atoms with E-state index in [0.717, 1.165) is 0 Å². The van der Waals surface area contributed by atoms with Gasteiger partial charge in [-0.3, -0.25) is 9.78 Å².